The van der Waals surface area contributed by atoms with Crippen molar-refractivity contribution in [1.82, 2.24) is 5.06 Å². The predicted molar refractivity (Wildman–Crippen MR) is 101 cm³/mol. The van der Waals surface area contributed by atoms with Crippen molar-refractivity contribution in [2.45, 2.75) is 43.2 Å². The molecule has 1 aliphatic carbocycles. The van der Waals surface area contributed by atoms with Crippen LogP contribution in [0.5, 0.6) is 0 Å². The van der Waals surface area contributed by atoms with Crippen molar-refractivity contribution < 1.29 is 24.2 Å². The number of benzene rings is 1. The molecule has 0 spiro atoms. The van der Waals surface area contributed by atoms with E-state index >= 15 is 0 Å². The minimum atomic E-state index is -0.958. The van der Waals surface area contributed by atoms with E-state index in [-0.39, 0.29) is 17.9 Å². The third kappa shape index (κ3) is 1.95. The van der Waals surface area contributed by atoms with Crippen LogP contribution in [-0.2, 0) is 24.4 Å². The molecule has 4 aliphatic rings. The molecule has 3 heterocycles. The highest BCUT2D eigenvalue weighted by molar-refractivity contribution is 5.80. The highest BCUT2D eigenvalue weighted by Crippen LogP contribution is 2.68. The van der Waals surface area contributed by atoms with Crippen LogP contribution >= 0.6 is 0 Å². The summed E-state index contributed by atoms with van der Waals surface area (Å²) < 4.78 is 17.4. The van der Waals surface area contributed by atoms with E-state index in [1.54, 1.807) is 7.11 Å². The molecule has 1 saturated carbocycles. The molecular weight excluding hydrogens is 360 g/mol. The van der Waals surface area contributed by atoms with Gasteiger partial charge < -0.3 is 24.7 Å². The summed E-state index contributed by atoms with van der Waals surface area (Å²) in [5.74, 6) is -0.687. The third-order valence-electron chi connectivity index (χ3n) is 7.35. The van der Waals surface area contributed by atoms with E-state index in [4.69, 9.17) is 14.2 Å². The number of piperidine rings is 1. The van der Waals surface area contributed by atoms with E-state index < -0.39 is 23.3 Å². The fourth-order valence-electron chi connectivity index (χ4n) is 6.31. The number of nitrogens with zero attached hydrogens (tertiary/aromatic N) is 1. The monoisotopic (exact) mass is 386 g/mol. The Labute approximate surface area is 164 Å². The van der Waals surface area contributed by atoms with Gasteiger partial charge >= 0.3 is 5.97 Å². The first-order chi connectivity index (χ1) is 13.5. The summed E-state index contributed by atoms with van der Waals surface area (Å²) in [7, 11) is 3.06. The molecule has 0 aromatic heterocycles. The van der Waals surface area contributed by atoms with Crippen LogP contribution in [0.25, 0.3) is 0 Å². The normalized spacial score (nSPS) is 42.5. The maximum Gasteiger partial charge on any atom is 0.310 e. The van der Waals surface area contributed by atoms with Gasteiger partial charge in [0.2, 0.25) is 0 Å². The molecule has 0 amide bonds. The molecule has 2 N–H and O–H groups in total. The van der Waals surface area contributed by atoms with Crippen molar-refractivity contribution in [2.24, 2.45) is 11.8 Å². The van der Waals surface area contributed by atoms with Crippen LogP contribution in [0.2, 0.25) is 0 Å². The van der Waals surface area contributed by atoms with Gasteiger partial charge in [0.15, 0.2) is 12.0 Å². The van der Waals surface area contributed by atoms with Gasteiger partial charge in [-0.1, -0.05) is 29.8 Å². The maximum absolute atomic E-state index is 13.2. The van der Waals surface area contributed by atoms with Crippen LogP contribution in [0.3, 0.4) is 0 Å². The summed E-state index contributed by atoms with van der Waals surface area (Å²) >= 11 is 0. The summed E-state index contributed by atoms with van der Waals surface area (Å²) in [5.41, 5.74) is 1.38. The van der Waals surface area contributed by atoms with E-state index in [1.165, 1.54) is 12.2 Å². The summed E-state index contributed by atoms with van der Waals surface area (Å²) in [4.78, 5) is 13.2. The second-order valence-electron chi connectivity index (χ2n) is 8.18. The van der Waals surface area contributed by atoms with E-state index in [2.05, 4.69) is 11.4 Å². The van der Waals surface area contributed by atoms with Gasteiger partial charge in [0.1, 0.15) is 0 Å². The topological polar surface area (TPSA) is 80.3 Å². The van der Waals surface area contributed by atoms with Crippen molar-refractivity contribution in [2.75, 3.05) is 26.1 Å². The highest BCUT2D eigenvalue weighted by Gasteiger charge is 2.77. The number of fused-ring (bicyclic) bond motifs is 3. The molecule has 6 atom stereocenters. The first-order valence-electron chi connectivity index (χ1n) is 9.79. The number of carbonyl (C=O) groups excluding carboxylic acids is 1. The molecule has 3 fully saturated rings. The van der Waals surface area contributed by atoms with Gasteiger partial charge in [-0.05, 0) is 30.9 Å². The fraction of sp³-hybridized carbons (Fsp3) is 0.571. The van der Waals surface area contributed by atoms with Crippen molar-refractivity contribution in [1.29, 1.82) is 0 Å². The number of carbonyl (C=O) groups is 1. The average Bonchev–Trinajstić information content (AvgIpc) is 3.19. The molecule has 1 aromatic rings. The molecule has 2 bridgehead atoms. The molecule has 1 aromatic carbocycles. The number of anilines is 1. The molecule has 6 unspecified atom stereocenters. The minimum Gasteiger partial charge on any atom is -0.469 e. The average molecular weight is 386 g/mol. The number of nitrogens with one attached hydrogen (secondary N) is 1. The van der Waals surface area contributed by atoms with Gasteiger partial charge in [0, 0.05) is 25.8 Å². The summed E-state index contributed by atoms with van der Waals surface area (Å²) in [5, 5.41) is 15.9. The zero-order valence-corrected chi connectivity index (χ0v) is 16.3. The van der Waals surface area contributed by atoms with Crippen molar-refractivity contribution in [3.8, 4) is 0 Å². The van der Waals surface area contributed by atoms with Gasteiger partial charge in [-0.25, -0.2) is 0 Å². The number of allylic oxidation sites excluding steroid dienone is 1. The minimum absolute atomic E-state index is 0.0221. The molecule has 5 rings (SSSR count). The van der Waals surface area contributed by atoms with Crippen LogP contribution in [0.4, 0.5) is 5.69 Å². The van der Waals surface area contributed by atoms with Gasteiger partial charge in [-0.3, -0.25) is 4.79 Å². The van der Waals surface area contributed by atoms with Crippen LogP contribution in [0.15, 0.2) is 35.9 Å². The van der Waals surface area contributed by atoms with E-state index in [0.29, 0.717) is 19.4 Å². The Morgan fingerprint density at radius 1 is 1.39 bits per heavy atom. The molecule has 0 radical (unpaired) electrons. The molecule has 7 heteroatoms. The van der Waals surface area contributed by atoms with Gasteiger partial charge in [-0.15, -0.1) is 0 Å². The van der Waals surface area contributed by atoms with Crippen LogP contribution in [-0.4, -0.2) is 55.1 Å². The molecule has 28 heavy (non-hydrogen) atoms. The lowest BCUT2D eigenvalue weighted by molar-refractivity contribution is -0.250. The van der Waals surface area contributed by atoms with Crippen molar-refractivity contribution >= 4 is 11.7 Å². The zero-order valence-electron chi connectivity index (χ0n) is 16.3. The Bertz CT molecular complexity index is 857. The lowest BCUT2D eigenvalue weighted by atomic mass is 9.51. The number of ether oxygens (including phenoxy) is 3. The first kappa shape index (κ1) is 18.1. The number of methoxy groups -OCH3 is 2. The number of hydrogen-bond donors (Lipinski definition) is 2. The maximum atomic E-state index is 13.2. The predicted octanol–water partition coefficient (Wildman–Crippen LogP) is 2.27. The van der Waals surface area contributed by atoms with Gasteiger partial charge in [-0.2, -0.15) is 5.06 Å². The largest absolute Gasteiger partial charge is 0.469 e. The van der Waals surface area contributed by atoms with E-state index in [1.807, 2.05) is 31.2 Å². The number of hydrogen-bond acceptors (Lipinski definition) is 7. The Kier molecular flexibility index (Phi) is 3.90. The standard InChI is InChI=1S/C21H26N2O5/c1-4-12-11-23(25)16-9-13(12)18(19(24)27-3)20-10-17(26-2)28-21(16,20)22-15-8-6-5-7-14(15)20/h4-8,13,16-18,22,25H,9-11H2,1-3H3. The lowest BCUT2D eigenvalue weighted by Crippen LogP contribution is -2.73. The SMILES string of the molecule is CC=C1CN(O)C2CC1C(C(=O)OC)C13CC(OC)OC21Nc1ccccc13. The van der Waals surface area contributed by atoms with Gasteiger partial charge in [0.25, 0.3) is 0 Å². The number of para-hydroxylation sites is 1. The number of rotatable bonds is 2. The third-order valence-corrected chi connectivity index (χ3v) is 7.35. The number of hydroxylamine groups is 2. The highest BCUT2D eigenvalue weighted by atomic mass is 16.7. The molecule has 3 aliphatic heterocycles. The Morgan fingerprint density at radius 3 is 2.89 bits per heavy atom. The second-order valence-corrected chi connectivity index (χ2v) is 8.18. The summed E-state index contributed by atoms with van der Waals surface area (Å²) in [6.45, 7) is 2.34. The lowest BCUT2D eigenvalue weighted by Gasteiger charge is -2.58. The first-order valence-corrected chi connectivity index (χ1v) is 9.79. The quantitative estimate of drug-likeness (QED) is 0.596. The number of esters is 1. The molecular formula is C21H26N2O5. The molecule has 2 saturated heterocycles. The van der Waals surface area contributed by atoms with Crippen LogP contribution in [0.1, 0.15) is 25.3 Å². The van der Waals surface area contributed by atoms with Gasteiger partial charge in [0.05, 0.1) is 24.5 Å². The Hall–Kier alpha value is -1.93. The fourth-order valence-corrected chi connectivity index (χ4v) is 6.31. The molecule has 7 nitrogen and oxygen atoms in total. The Morgan fingerprint density at radius 2 is 2.18 bits per heavy atom. The van der Waals surface area contributed by atoms with Crippen molar-refractivity contribution in [3.05, 3.63) is 41.5 Å². The van der Waals surface area contributed by atoms with Crippen LogP contribution in [0, 0.1) is 11.8 Å². The van der Waals surface area contributed by atoms with E-state index in [9.17, 15) is 10.0 Å². The van der Waals surface area contributed by atoms with Crippen LogP contribution < -0.4 is 5.32 Å². The zero-order chi connectivity index (χ0) is 19.7. The smallest absolute Gasteiger partial charge is 0.310 e. The summed E-state index contributed by atoms with van der Waals surface area (Å²) in [6.07, 6.45) is 2.66. The van der Waals surface area contributed by atoms with Crippen molar-refractivity contribution in [3.63, 3.8) is 0 Å². The second kappa shape index (κ2) is 6.03. The summed E-state index contributed by atoms with van der Waals surface area (Å²) in [6, 6.07) is 7.70. The molecule has 150 valence electrons. The van der Waals surface area contributed by atoms with E-state index in [0.717, 1.165) is 16.8 Å². The Balaban J connectivity index is 1.81.